The number of carbonyl (C=O) groups excluding carboxylic acids is 2. The lowest BCUT2D eigenvalue weighted by Crippen LogP contribution is -2.68. The molecule has 2 atom stereocenters. The van der Waals surface area contributed by atoms with Gasteiger partial charge in [-0.05, 0) is 60.7 Å². The number of halogens is 6. The Morgan fingerprint density at radius 2 is 1.67 bits per heavy atom. The normalized spacial score (nSPS) is 20.7. The quantitative estimate of drug-likeness (QED) is 0.248. The summed E-state index contributed by atoms with van der Waals surface area (Å²) in [4.78, 5) is 35.1. The van der Waals surface area contributed by atoms with Crippen molar-refractivity contribution in [1.82, 2.24) is 14.8 Å². The van der Waals surface area contributed by atoms with Crippen LogP contribution in [0.2, 0.25) is 0 Å². The van der Waals surface area contributed by atoms with Crippen LogP contribution in [-0.4, -0.2) is 57.9 Å². The molecule has 3 heterocycles. The van der Waals surface area contributed by atoms with Crippen molar-refractivity contribution in [1.29, 1.82) is 0 Å². The highest BCUT2D eigenvalue weighted by molar-refractivity contribution is 5.97. The van der Waals surface area contributed by atoms with Crippen molar-refractivity contribution >= 4 is 17.4 Å². The van der Waals surface area contributed by atoms with Crippen LogP contribution in [0.5, 0.6) is 5.75 Å². The lowest BCUT2D eigenvalue weighted by molar-refractivity contribution is -0.159. The van der Waals surface area contributed by atoms with Crippen LogP contribution in [-0.2, 0) is 17.1 Å². The molecule has 3 aromatic rings. The van der Waals surface area contributed by atoms with E-state index in [0.29, 0.717) is 19.4 Å². The van der Waals surface area contributed by atoms with Gasteiger partial charge in [0.05, 0.1) is 22.7 Å². The van der Waals surface area contributed by atoms with Crippen LogP contribution < -0.4 is 4.74 Å². The van der Waals surface area contributed by atoms with Crippen molar-refractivity contribution in [3.8, 4) is 5.75 Å². The summed E-state index contributed by atoms with van der Waals surface area (Å²) >= 11 is 0. The standard InChI is InChI=1S/C34H33F6N3O3/c1-2-7-29-32(46-26-12-10-25(11-13-26)33(35,36)37,31(45)42-20-15-24(16-21-42)23-8-4-3-5-9-23)17-6-19-43(29)30(44)27-22-41-18-14-28(27)34(38,39)40/h3-5,8-15,18,22,29H,2,6-7,16-17,19-21H2,1H3/t29-,32+/m1/s1. The molecule has 1 saturated heterocycles. The monoisotopic (exact) mass is 645 g/mol. The molecule has 12 heteroatoms. The smallest absolute Gasteiger partial charge is 0.417 e. The average molecular weight is 646 g/mol. The molecule has 0 bridgehead atoms. The number of benzene rings is 2. The summed E-state index contributed by atoms with van der Waals surface area (Å²) in [6.45, 7) is 2.39. The van der Waals surface area contributed by atoms with Gasteiger partial charge in [-0.3, -0.25) is 14.6 Å². The van der Waals surface area contributed by atoms with E-state index in [4.69, 9.17) is 4.74 Å². The van der Waals surface area contributed by atoms with Crippen molar-refractivity contribution in [2.45, 2.75) is 63.0 Å². The number of piperidine rings is 1. The molecule has 0 saturated carbocycles. The SMILES string of the molecule is CCC[C@H]1N(C(=O)c2cnccc2C(F)(F)F)CCC[C@@]1(Oc1ccc(C(F)(F)F)cc1)C(=O)N1CC=C(c2ccccc2)CC1. The zero-order chi connectivity index (χ0) is 33.1. The number of nitrogens with zero attached hydrogens (tertiary/aromatic N) is 3. The van der Waals surface area contributed by atoms with Crippen molar-refractivity contribution in [3.05, 3.63) is 101 Å². The number of rotatable bonds is 7. The lowest BCUT2D eigenvalue weighted by Gasteiger charge is -2.50. The molecule has 2 aliphatic rings. The number of amides is 2. The van der Waals surface area contributed by atoms with Gasteiger partial charge in [0.1, 0.15) is 5.75 Å². The van der Waals surface area contributed by atoms with E-state index in [1.807, 2.05) is 43.3 Å². The van der Waals surface area contributed by atoms with Crippen LogP contribution in [0.3, 0.4) is 0 Å². The first-order chi connectivity index (χ1) is 21.8. The summed E-state index contributed by atoms with van der Waals surface area (Å²) in [5.41, 5.74) is -2.42. The second-order valence-corrected chi connectivity index (χ2v) is 11.4. The van der Waals surface area contributed by atoms with Crippen LogP contribution in [0.15, 0.2) is 79.1 Å². The number of likely N-dealkylation sites (tertiary alicyclic amines) is 1. The summed E-state index contributed by atoms with van der Waals surface area (Å²) in [6, 6.07) is 13.3. The van der Waals surface area contributed by atoms with Gasteiger partial charge in [0.2, 0.25) is 5.60 Å². The average Bonchev–Trinajstić information content (AvgIpc) is 3.05. The number of hydrogen-bond donors (Lipinski definition) is 0. The van der Waals surface area contributed by atoms with E-state index in [-0.39, 0.29) is 38.1 Å². The van der Waals surface area contributed by atoms with Crippen molar-refractivity contribution in [2.75, 3.05) is 19.6 Å². The Hall–Kier alpha value is -4.35. The Labute approximate surface area is 262 Å². The zero-order valence-corrected chi connectivity index (χ0v) is 25.1. The van der Waals surface area contributed by atoms with Gasteiger partial charge in [-0.25, -0.2) is 0 Å². The van der Waals surface area contributed by atoms with Gasteiger partial charge in [-0.1, -0.05) is 49.8 Å². The highest BCUT2D eigenvalue weighted by atomic mass is 19.4. The van der Waals surface area contributed by atoms with E-state index in [2.05, 4.69) is 4.98 Å². The predicted octanol–water partition coefficient (Wildman–Crippen LogP) is 7.66. The Kier molecular flexibility index (Phi) is 9.46. The molecule has 0 aliphatic carbocycles. The fourth-order valence-corrected chi connectivity index (χ4v) is 6.33. The van der Waals surface area contributed by atoms with Gasteiger partial charge < -0.3 is 14.5 Å². The maximum atomic E-state index is 14.6. The fourth-order valence-electron chi connectivity index (χ4n) is 6.33. The van der Waals surface area contributed by atoms with Crippen LogP contribution >= 0.6 is 0 Å². The zero-order valence-electron chi connectivity index (χ0n) is 25.1. The maximum absolute atomic E-state index is 14.6. The summed E-state index contributed by atoms with van der Waals surface area (Å²) in [5, 5.41) is 0. The van der Waals surface area contributed by atoms with Crippen LogP contribution in [0.25, 0.3) is 5.57 Å². The van der Waals surface area contributed by atoms with Crippen LogP contribution in [0.1, 0.15) is 66.1 Å². The van der Waals surface area contributed by atoms with Crippen LogP contribution in [0, 0.1) is 0 Å². The summed E-state index contributed by atoms with van der Waals surface area (Å²) in [5.74, 6) is -1.45. The van der Waals surface area contributed by atoms with Crippen molar-refractivity contribution in [3.63, 3.8) is 0 Å². The third-order valence-corrected chi connectivity index (χ3v) is 8.53. The fraction of sp³-hybridized carbons (Fsp3) is 0.382. The number of ether oxygens (including phenoxy) is 1. The third-order valence-electron chi connectivity index (χ3n) is 8.53. The summed E-state index contributed by atoms with van der Waals surface area (Å²) in [6.07, 6.45) is -4.21. The number of alkyl halides is 6. The van der Waals surface area contributed by atoms with E-state index in [0.717, 1.165) is 53.9 Å². The highest BCUT2D eigenvalue weighted by Crippen LogP contribution is 2.41. The minimum absolute atomic E-state index is 0.0216. The number of aromatic nitrogens is 1. The van der Waals surface area contributed by atoms with Crippen LogP contribution in [0.4, 0.5) is 26.3 Å². The second kappa shape index (κ2) is 13.2. The van der Waals surface area contributed by atoms with Gasteiger partial charge in [-0.15, -0.1) is 0 Å². The van der Waals surface area contributed by atoms with E-state index >= 15 is 0 Å². The molecule has 1 fully saturated rings. The van der Waals surface area contributed by atoms with Gasteiger partial charge in [0, 0.05) is 38.4 Å². The summed E-state index contributed by atoms with van der Waals surface area (Å²) < 4.78 is 88.2. The highest BCUT2D eigenvalue weighted by Gasteiger charge is 2.55. The van der Waals surface area contributed by atoms with E-state index in [1.165, 1.54) is 4.90 Å². The minimum atomic E-state index is -4.83. The molecule has 5 rings (SSSR count). The van der Waals surface area contributed by atoms with Crippen molar-refractivity contribution < 1.29 is 40.7 Å². The minimum Gasteiger partial charge on any atom is -0.475 e. The third kappa shape index (κ3) is 6.75. The molecular weight excluding hydrogens is 612 g/mol. The second-order valence-electron chi connectivity index (χ2n) is 11.4. The first-order valence-corrected chi connectivity index (χ1v) is 15.1. The Morgan fingerprint density at radius 1 is 0.957 bits per heavy atom. The molecule has 6 nitrogen and oxygen atoms in total. The molecule has 0 spiro atoms. The first-order valence-electron chi connectivity index (χ1n) is 15.1. The van der Waals surface area contributed by atoms with E-state index < -0.39 is 52.5 Å². The van der Waals surface area contributed by atoms with E-state index in [1.54, 1.807) is 4.90 Å². The molecule has 1 aromatic heterocycles. The molecule has 0 radical (unpaired) electrons. The summed E-state index contributed by atoms with van der Waals surface area (Å²) in [7, 11) is 0. The molecule has 0 unspecified atom stereocenters. The molecule has 2 aliphatic heterocycles. The largest absolute Gasteiger partial charge is 0.475 e. The van der Waals surface area contributed by atoms with Gasteiger partial charge in [-0.2, -0.15) is 26.3 Å². The molecule has 46 heavy (non-hydrogen) atoms. The number of pyridine rings is 1. The first kappa shape index (κ1) is 33.0. The number of carbonyl (C=O) groups is 2. The molecule has 2 amide bonds. The Bertz CT molecular complexity index is 1570. The Morgan fingerprint density at radius 3 is 2.28 bits per heavy atom. The number of hydrogen-bond acceptors (Lipinski definition) is 4. The molecule has 0 N–H and O–H groups in total. The van der Waals surface area contributed by atoms with E-state index in [9.17, 15) is 35.9 Å². The predicted molar refractivity (Wildman–Crippen MR) is 159 cm³/mol. The lowest BCUT2D eigenvalue weighted by atomic mass is 9.79. The Balaban J connectivity index is 1.55. The molecule has 244 valence electrons. The maximum Gasteiger partial charge on any atom is 0.417 e. The van der Waals surface area contributed by atoms with Gasteiger partial charge in [0.25, 0.3) is 11.8 Å². The molecular formula is C34H33F6N3O3. The van der Waals surface area contributed by atoms with Crippen molar-refractivity contribution in [2.24, 2.45) is 0 Å². The molecule has 2 aromatic carbocycles. The topological polar surface area (TPSA) is 62.7 Å². The van der Waals surface area contributed by atoms with Gasteiger partial charge >= 0.3 is 12.4 Å². The van der Waals surface area contributed by atoms with Gasteiger partial charge in [0.15, 0.2) is 0 Å².